The molecule has 2 N–H and O–H groups in total. The number of rotatable bonds is 6. The summed E-state index contributed by atoms with van der Waals surface area (Å²) in [6.07, 6.45) is 0.736. The molecule has 0 amide bonds. The summed E-state index contributed by atoms with van der Waals surface area (Å²) in [6.45, 7) is 6.54. The van der Waals surface area contributed by atoms with E-state index >= 15 is 0 Å². The van der Waals surface area contributed by atoms with Gasteiger partial charge in [0.2, 0.25) is 5.88 Å². The van der Waals surface area contributed by atoms with E-state index in [4.69, 9.17) is 15.2 Å². The van der Waals surface area contributed by atoms with Gasteiger partial charge in [0.15, 0.2) is 0 Å². The smallest absolute Gasteiger partial charge is 0.221 e. The van der Waals surface area contributed by atoms with Gasteiger partial charge in [0.25, 0.3) is 0 Å². The van der Waals surface area contributed by atoms with Gasteiger partial charge in [0.1, 0.15) is 11.5 Å². The quantitative estimate of drug-likeness (QED) is 0.888. The van der Waals surface area contributed by atoms with E-state index in [1.165, 1.54) is 0 Å². The summed E-state index contributed by atoms with van der Waals surface area (Å²) in [4.78, 5) is 0. The van der Waals surface area contributed by atoms with Crippen LogP contribution in [0.25, 0.3) is 0 Å². The van der Waals surface area contributed by atoms with Crippen LogP contribution in [0.1, 0.15) is 25.1 Å². The SMILES string of the molecule is CCOc1cccc(Oc2c(CC(C)N)c(C)nn2C)c1. The second-order valence-corrected chi connectivity index (χ2v) is 5.18. The Bertz CT molecular complexity index is 606. The Hall–Kier alpha value is -2.01. The Balaban J connectivity index is 2.28. The minimum atomic E-state index is 0.0602. The van der Waals surface area contributed by atoms with Crippen molar-refractivity contribution in [2.24, 2.45) is 12.8 Å². The Labute approximate surface area is 125 Å². The molecular formula is C16H23N3O2. The van der Waals surface area contributed by atoms with E-state index in [0.29, 0.717) is 6.61 Å². The second-order valence-electron chi connectivity index (χ2n) is 5.18. The Morgan fingerprint density at radius 1 is 1.33 bits per heavy atom. The zero-order chi connectivity index (χ0) is 15.4. The molecule has 1 atom stereocenters. The highest BCUT2D eigenvalue weighted by atomic mass is 16.5. The largest absolute Gasteiger partial charge is 0.494 e. The monoisotopic (exact) mass is 289 g/mol. The molecule has 0 saturated heterocycles. The van der Waals surface area contributed by atoms with Crippen LogP contribution in [0, 0.1) is 6.92 Å². The standard InChI is InChI=1S/C16H23N3O2/c1-5-20-13-7-6-8-14(10-13)21-16-15(9-11(2)17)12(3)18-19(16)4/h6-8,10-11H,5,9,17H2,1-4H3. The molecule has 21 heavy (non-hydrogen) atoms. The number of benzene rings is 1. The third kappa shape index (κ3) is 3.76. The van der Waals surface area contributed by atoms with Gasteiger partial charge in [0, 0.05) is 24.7 Å². The predicted octanol–water partition coefficient (Wildman–Crippen LogP) is 2.81. The van der Waals surface area contributed by atoms with Gasteiger partial charge >= 0.3 is 0 Å². The Morgan fingerprint density at radius 2 is 2.05 bits per heavy atom. The van der Waals surface area contributed by atoms with Crippen molar-refractivity contribution < 1.29 is 9.47 Å². The van der Waals surface area contributed by atoms with Crippen molar-refractivity contribution in [2.45, 2.75) is 33.2 Å². The van der Waals surface area contributed by atoms with Gasteiger partial charge in [-0.05, 0) is 39.3 Å². The van der Waals surface area contributed by atoms with Crippen LogP contribution in [0.15, 0.2) is 24.3 Å². The summed E-state index contributed by atoms with van der Waals surface area (Å²) in [5.74, 6) is 2.26. The number of aryl methyl sites for hydroxylation is 2. The van der Waals surface area contributed by atoms with Gasteiger partial charge in [-0.3, -0.25) is 0 Å². The van der Waals surface area contributed by atoms with E-state index in [1.54, 1.807) is 4.68 Å². The van der Waals surface area contributed by atoms with Crippen molar-refractivity contribution in [3.05, 3.63) is 35.5 Å². The van der Waals surface area contributed by atoms with Crippen LogP contribution in [0.4, 0.5) is 0 Å². The number of hydrogen-bond donors (Lipinski definition) is 1. The Kier molecular flexibility index (Phi) is 4.85. The number of aromatic nitrogens is 2. The van der Waals surface area contributed by atoms with Crippen LogP contribution in [0.2, 0.25) is 0 Å². The summed E-state index contributed by atoms with van der Waals surface area (Å²) in [7, 11) is 1.87. The van der Waals surface area contributed by atoms with Gasteiger partial charge in [-0.15, -0.1) is 0 Å². The molecule has 0 radical (unpaired) electrons. The van der Waals surface area contributed by atoms with Crippen molar-refractivity contribution in [2.75, 3.05) is 6.61 Å². The van der Waals surface area contributed by atoms with Crippen molar-refractivity contribution >= 4 is 0 Å². The molecule has 0 fully saturated rings. The van der Waals surface area contributed by atoms with Crippen molar-refractivity contribution in [1.82, 2.24) is 9.78 Å². The van der Waals surface area contributed by atoms with Crippen LogP contribution >= 0.6 is 0 Å². The van der Waals surface area contributed by atoms with Crippen molar-refractivity contribution in [3.8, 4) is 17.4 Å². The van der Waals surface area contributed by atoms with E-state index in [9.17, 15) is 0 Å². The zero-order valence-electron chi connectivity index (χ0n) is 13.1. The normalized spacial score (nSPS) is 12.2. The highest BCUT2D eigenvalue weighted by Crippen LogP contribution is 2.30. The number of nitrogens with two attached hydrogens (primary N) is 1. The van der Waals surface area contributed by atoms with E-state index in [0.717, 1.165) is 35.1 Å². The summed E-state index contributed by atoms with van der Waals surface area (Å²) in [5.41, 5.74) is 7.92. The highest BCUT2D eigenvalue weighted by Gasteiger charge is 2.17. The van der Waals surface area contributed by atoms with Crippen molar-refractivity contribution in [1.29, 1.82) is 0 Å². The molecule has 1 aromatic carbocycles. The van der Waals surface area contributed by atoms with Crippen LogP contribution in [0.3, 0.4) is 0 Å². The maximum Gasteiger partial charge on any atom is 0.221 e. The first kappa shape index (κ1) is 15.4. The lowest BCUT2D eigenvalue weighted by molar-refractivity contribution is 0.337. The molecule has 0 saturated carbocycles. The molecular weight excluding hydrogens is 266 g/mol. The first-order chi connectivity index (χ1) is 10.0. The molecule has 0 aliphatic heterocycles. The minimum Gasteiger partial charge on any atom is -0.494 e. The van der Waals surface area contributed by atoms with Crippen LogP contribution in [-0.4, -0.2) is 22.4 Å². The summed E-state index contributed by atoms with van der Waals surface area (Å²) >= 11 is 0. The van der Waals surface area contributed by atoms with Gasteiger partial charge < -0.3 is 15.2 Å². The molecule has 0 aliphatic rings. The molecule has 1 unspecified atom stereocenters. The highest BCUT2D eigenvalue weighted by molar-refractivity contribution is 5.39. The van der Waals surface area contributed by atoms with Crippen LogP contribution in [-0.2, 0) is 13.5 Å². The molecule has 2 rings (SSSR count). The molecule has 1 heterocycles. The molecule has 114 valence electrons. The van der Waals surface area contributed by atoms with Gasteiger partial charge in [-0.2, -0.15) is 5.10 Å². The average Bonchev–Trinajstić information content (AvgIpc) is 2.66. The van der Waals surface area contributed by atoms with E-state index in [2.05, 4.69) is 5.10 Å². The molecule has 5 heteroatoms. The van der Waals surface area contributed by atoms with Crippen molar-refractivity contribution in [3.63, 3.8) is 0 Å². The van der Waals surface area contributed by atoms with E-state index in [1.807, 2.05) is 52.1 Å². The third-order valence-corrected chi connectivity index (χ3v) is 3.15. The first-order valence-corrected chi connectivity index (χ1v) is 7.20. The number of ether oxygens (including phenoxy) is 2. The van der Waals surface area contributed by atoms with Gasteiger partial charge in [-0.25, -0.2) is 4.68 Å². The Morgan fingerprint density at radius 3 is 2.71 bits per heavy atom. The number of nitrogens with zero attached hydrogens (tertiary/aromatic N) is 2. The predicted molar refractivity (Wildman–Crippen MR) is 83.0 cm³/mol. The second kappa shape index (κ2) is 6.63. The molecule has 5 nitrogen and oxygen atoms in total. The maximum atomic E-state index is 6.01. The lowest BCUT2D eigenvalue weighted by Gasteiger charge is -2.11. The minimum absolute atomic E-state index is 0.0602. The number of hydrogen-bond acceptors (Lipinski definition) is 4. The van der Waals surface area contributed by atoms with Gasteiger partial charge in [0.05, 0.1) is 12.3 Å². The summed E-state index contributed by atoms with van der Waals surface area (Å²) < 4.78 is 13.3. The molecule has 1 aromatic heterocycles. The fourth-order valence-corrected chi connectivity index (χ4v) is 2.27. The lowest BCUT2D eigenvalue weighted by atomic mass is 10.1. The first-order valence-electron chi connectivity index (χ1n) is 7.20. The average molecular weight is 289 g/mol. The maximum absolute atomic E-state index is 6.01. The molecule has 2 aromatic rings. The van der Waals surface area contributed by atoms with Crippen LogP contribution < -0.4 is 15.2 Å². The van der Waals surface area contributed by atoms with E-state index < -0.39 is 0 Å². The fraction of sp³-hybridized carbons (Fsp3) is 0.438. The van der Waals surface area contributed by atoms with Crippen LogP contribution in [0.5, 0.6) is 17.4 Å². The van der Waals surface area contributed by atoms with Gasteiger partial charge in [-0.1, -0.05) is 6.07 Å². The third-order valence-electron chi connectivity index (χ3n) is 3.15. The fourth-order valence-electron chi connectivity index (χ4n) is 2.27. The summed E-state index contributed by atoms with van der Waals surface area (Å²) in [5, 5.41) is 4.42. The zero-order valence-corrected chi connectivity index (χ0v) is 13.1. The molecule has 0 spiro atoms. The van der Waals surface area contributed by atoms with E-state index in [-0.39, 0.29) is 6.04 Å². The summed E-state index contributed by atoms with van der Waals surface area (Å²) in [6, 6.07) is 7.66. The molecule has 0 aliphatic carbocycles. The molecule has 0 bridgehead atoms. The topological polar surface area (TPSA) is 62.3 Å². The lowest BCUT2D eigenvalue weighted by Crippen LogP contribution is -2.18.